The molecule has 1 aromatic rings. The van der Waals surface area contributed by atoms with E-state index in [9.17, 15) is 38.7 Å². The number of carboxylic acids is 2. The monoisotopic (exact) mass is 536 g/mol. The summed E-state index contributed by atoms with van der Waals surface area (Å²) in [5.74, 6) is -7.13. The molecule has 1 aromatic carbocycles. The second-order valence-electron chi connectivity index (χ2n) is 8.49. The van der Waals surface area contributed by atoms with E-state index in [1.165, 1.54) is 13.8 Å². The van der Waals surface area contributed by atoms with Gasteiger partial charge in [0.15, 0.2) is 0 Å². The highest BCUT2D eigenvalue weighted by atomic mass is 16.4. The van der Waals surface area contributed by atoms with Crippen molar-refractivity contribution in [3.63, 3.8) is 0 Å². The first-order valence-corrected chi connectivity index (χ1v) is 11.4. The van der Waals surface area contributed by atoms with E-state index >= 15 is 0 Å². The zero-order valence-corrected chi connectivity index (χ0v) is 20.8. The minimum Gasteiger partial charge on any atom is -0.481 e. The first-order chi connectivity index (χ1) is 17.7. The third-order valence-corrected chi connectivity index (χ3v) is 5.17. The molecule has 0 aliphatic carbocycles. The van der Waals surface area contributed by atoms with E-state index in [0.717, 1.165) is 0 Å². The minimum absolute atomic E-state index is 0.0457. The lowest BCUT2D eigenvalue weighted by Crippen LogP contribution is -2.58. The predicted molar refractivity (Wildman–Crippen MR) is 131 cm³/mol. The molecular formula is C23H32N6O9. The van der Waals surface area contributed by atoms with Crippen LogP contribution in [0.5, 0.6) is 0 Å². The van der Waals surface area contributed by atoms with Gasteiger partial charge in [-0.05, 0) is 19.4 Å². The van der Waals surface area contributed by atoms with E-state index in [-0.39, 0.29) is 6.42 Å². The van der Waals surface area contributed by atoms with Gasteiger partial charge in [-0.2, -0.15) is 0 Å². The average molecular weight is 537 g/mol. The topological polar surface area (TPSA) is 260 Å². The second-order valence-corrected chi connectivity index (χ2v) is 8.49. The van der Waals surface area contributed by atoms with Crippen LogP contribution in [-0.2, 0) is 40.0 Å². The Kier molecular flexibility index (Phi) is 12.3. The zero-order valence-electron chi connectivity index (χ0n) is 20.8. The lowest BCUT2D eigenvalue weighted by Gasteiger charge is -2.24. The van der Waals surface area contributed by atoms with Gasteiger partial charge in [-0.1, -0.05) is 30.3 Å². The summed E-state index contributed by atoms with van der Waals surface area (Å²) < 4.78 is 0. The quantitative estimate of drug-likeness (QED) is 0.112. The Morgan fingerprint density at radius 2 is 1.24 bits per heavy atom. The van der Waals surface area contributed by atoms with Crippen LogP contribution >= 0.6 is 0 Å². The third kappa shape index (κ3) is 11.0. The van der Waals surface area contributed by atoms with Crippen LogP contribution in [0.2, 0.25) is 0 Å². The highest BCUT2D eigenvalue weighted by Crippen LogP contribution is 2.05. The molecule has 0 heterocycles. The van der Waals surface area contributed by atoms with Crippen molar-refractivity contribution >= 4 is 41.5 Å². The van der Waals surface area contributed by atoms with Crippen molar-refractivity contribution in [1.82, 2.24) is 21.3 Å². The van der Waals surface area contributed by atoms with Crippen molar-refractivity contribution in [3.05, 3.63) is 35.9 Å². The van der Waals surface area contributed by atoms with Crippen molar-refractivity contribution < 1.29 is 43.8 Å². The highest BCUT2D eigenvalue weighted by Gasteiger charge is 2.30. The van der Waals surface area contributed by atoms with Crippen LogP contribution in [-0.4, -0.2) is 81.9 Å². The van der Waals surface area contributed by atoms with Crippen molar-refractivity contribution in [1.29, 1.82) is 0 Å². The van der Waals surface area contributed by atoms with Crippen LogP contribution < -0.4 is 32.7 Å². The van der Waals surface area contributed by atoms with Gasteiger partial charge in [0.2, 0.25) is 29.5 Å². The second kappa shape index (κ2) is 14.9. The fourth-order valence-corrected chi connectivity index (χ4v) is 3.10. The molecule has 0 radical (unpaired) electrons. The molecule has 10 N–H and O–H groups in total. The molecule has 0 spiro atoms. The summed E-state index contributed by atoms with van der Waals surface area (Å²) in [4.78, 5) is 83.3. The molecule has 1 rings (SSSR count). The molecule has 0 bridgehead atoms. The third-order valence-electron chi connectivity index (χ3n) is 5.17. The molecule has 0 saturated carbocycles. The van der Waals surface area contributed by atoms with Crippen LogP contribution in [0.3, 0.4) is 0 Å². The van der Waals surface area contributed by atoms with Gasteiger partial charge in [0.05, 0.1) is 18.9 Å². The number of amides is 5. The SMILES string of the molecule is C[C@H](NC(=O)[C@H](C)NC(=O)[C@@H](N)CC(=O)O)C(=O)N[C@@H](Cc1ccccc1)C(=O)N[C@@H](CC(N)=O)C(=O)O. The van der Waals surface area contributed by atoms with E-state index in [1.54, 1.807) is 30.3 Å². The number of rotatable bonds is 15. The van der Waals surface area contributed by atoms with Gasteiger partial charge in [0.1, 0.15) is 24.2 Å². The van der Waals surface area contributed by atoms with Crippen LogP contribution in [0.4, 0.5) is 0 Å². The number of nitrogens with one attached hydrogen (secondary N) is 4. The largest absolute Gasteiger partial charge is 0.481 e. The molecule has 0 aromatic heterocycles. The predicted octanol–water partition coefficient (Wildman–Crippen LogP) is -3.03. The lowest BCUT2D eigenvalue weighted by molar-refractivity contribution is -0.143. The number of benzene rings is 1. The van der Waals surface area contributed by atoms with Crippen LogP contribution in [0.15, 0.2) is 30.3 Å². The molecule has 38 heavy (non-hydrogen) atoms. The Hall–Kier alpha value is -4.53. The fraction of sp³-hybridized carbons (Fsp3) is 0.435. The molecule has 0 unspecified atom stereocenters. The van der Waals surface area contributed by atoms with Gasteiger partial charge >= 0.3 is 11.9 Å². The maximum absolute atomic E-state index is 12.9. The Labute approximate surface area is 217 Å². The van der Waals surface area contributed by atoms with Crippen LogP contribution in [0.1, 0.15) is 32.3 Å². The van der Waals surface area contributed by atoms with Gasteiger partial charge in [-0.25, -0.2) is 4.79 Å². The molecule has 0 aliphatic rings. The molecule has 15 heteroatoms. The van der Waals surface area contributed by atoms with E-state index in [0.29, 0.717) is 5.56 Å². The average Bonchev–Trinajstić information content (AvgIpc) is 2.82. The summed E-state index contributed by atoms with van der Waals surface area (Å²) in [5, 5.41) is 27.2. The molecule has 0 fully saturated rings. The summed E-state index contributed by atoms with van der Waals surface area (Å²) in [6.07, 6.45) is -1.36. The summed E-state index contributed by atoms with van der Waals surface area (Å²) in [6.45, 7) is 2.60. The normalized spacial score (nSPS) is 14.5. The number of hydrogen-bond donors (Lipinski definition) is 8. The molecule has 0 saturated heterocycles. The van der Waals surface area contributed by atoms with Crippen molar-refractivity contribution in [3.8, 4) is 0 Å². The molecular weight excluding hydrogens is 504 g/mol. The number of aliphatic carboxylic acids is 2. The van der Waals surface area contributed by atoms with Crippen molar-refractivity contribution in [2.45, 2.75) is 63.3 Å². The van der Waals surface area contributed by atoms with E-state index in [2.05, 4.69) is 21.3 Å². The Balaban J connectivity index is 2.90. The zero-order chi connectivity index (χ0) is 29.0. The van der Waals surface area contributed by atoms with Gasteiger partial charge in [-0.15, -0.1) is 0 Å². The van der Waals surface area contributed by atoms with Crippen molar-refractivity contribution in [2.75, 3.05) is 0 Å². The van der Waals surface area contributed by atoms with E-state index in [1.807, 2.05) is 0 Å². The van der Waals surface area contributed by atoms with Gasteiger partial charge in [-0.3, -0.25) is 28.8 Å². The Morgan fingerprint density at radius 3 is 1.74 bits per heavy atom. The number of carbonyl (C=O) groups excluding carboxylic acids is 5. The minimum atomic E-state index is -1.62. The molecule has 5 atom stereocenters. The number of hydrogen-bond acceptors (Lipinski definition) is 8. The summed E-state index contributed by atoms with van der Waals surface area (Å²) >= 11 is 0. The first-order valence-electron chi connectivity index (χ1n) is 11.4. The van der Waals surface area contributed by atoms with Crippen molar-refractivity contribution in [2.24, 2.45) is 11.5 Å². The highest BCUT2D eigenvalue weighted by molar-refractivity contribution is 5.96. The van der Waals surface area contributed by atoms with Gasteiger partial charge < -0.3 is 42.9 Å². The molecule has 15 nitrogen and oxygen atoms in total. The Morgan fingerprint density at radius 1 is 0.737 bits per heavy atom. The summed E-state index contributed by atoms with van der Waals surface area (Å²) in [6, 6.07) is 1.80. The van der Waals surface area contributed by atoms with E-state index < -0.39 is 84.5 Å². The van der Waals surface area contributed by atoms with Crippen LogP contribution in [0, 0.1) is 0 Å². The maximum Gasteiger partial charge on any atom is 0.326 e. The smallest absolute Gasteiger partial charge is 0.326 e. The number of carboxylic acid groups (broad SMARTS) is 2. The lowest BCUT2D eigenvalue weighted by atomic mass is 10.0. The first kappa shape index (κ1) is 31.5. The number of carbonyl (C=O) groups is 7. The number of primary amides is 1. The summed E-state index contributed by atoms with van der Waals surface area (Å²) in [5.41, 5.74) is 11.1. The van der Waals surface area contributed by atoms with E-state index in [4.69, 9.17) is 16.6 Å². The van der Waals surface area contributed by atoms with Gasteiger partial charge in [0.25, 0.3) is 0 Å². The maximum atomic E-state index is 12.9. The Bertz CT molecular complexity index is 1050. The molecule has 208 valence electrons. The molecule has 0 aliphatic heterocycles. The standard InChI is InChI=1S/C23H32N6O9/c1-11(27-21(35)14(24)9-18(31)32)19(33)26-12(2)20(34)28-15(8-13-6-4-3-5-7-13)22(36)29-16(23(37)38)10-17(25)30/h3-7,11-12,14-16H,8-10,24H2,1-2H3,(H2,25,30)(H,26,33)(H,27,35)(H,28,34)(H,29,36)(H,31,32)(H,37,38)/t11-,12-,14-,15-,16-/m0/s1. The van der Waals surface area contributed by atoms with Crippen LogP contribution in [0.25, 0.3) is 0 Å². The number of nitrogens with two attached hydrogens (primary N) is 2. The molecule has 5 amide bonds. The summed E-state index contributed by atoms with van der Waals surface area (Å²) in [7, 11) is 0. The van der Waals surface area contributed by atoms with Gasteiger partial charge in [0, 0.05) is 6.42 Å². The fourth-order valence-electron chi connectivity index (χ4n) is 3.10.